The van der Waals surface area contributed by atoms with E-state index in [9.17, 15) is 9.90 Å². The van der Waals surface area contributed by atoms with E-state index in [2.05, 4.69) is 5.32 Å². The van der Waals surface area contributed by atoms with Crippen LogP contribution in [0, 0.1) is 16.7 Å². The van der Waals surface area contributed by atoms with Crippen LogP contribution < -0.4 is 16.8 Å². The van der Waals surface area contributed by atoms with Gasteiger partial charge >= 0.3 is 5.97 Å². The third-order valence-corrected chi connectivity index (χ3v) is 3.33. The van der Waals surface area contributed by atoms with Gasteiger partial charge in [-0.05, 0) is 18.8 Å². The molecule has 7 nitrogen and oxygen atoms in total. The second kappa shape index (κ2) is 8.84. The SMILES string of the molecule is CC(C)C(O)C(C)(C)COC(=O)C(N)CCCNC(=N)N. The minimum atomic E-state index is -0.703. The standard InChI is InChI=1S/C14H30N4O3/c1-9(2)11(19)14(3,4)8-21-12(20)10(15)6-5-7-18-13(16)17/h9-11,19H,5-8,15H2,1-4H3,(H4,16,17,18). The quantitative estimate of drug-likeness (QED) is 0.178. The number of rotatable bonds is 9. The van der Waals surface area contributed by atoms with Crippen LogP contribution in [0.15, 0.2) is 0 Å². The molecule has 0 aromatic heterocycles. The van der Waals surface area contributed by atoms with Gasteiger partial charge in [0.2, 0.25) is 0 Å². The molecule has 2 unspecified atom stereocenters. The molecule has 2 atom stereocenters. The van der Waals surface area contributed by atoms with Crippen molar-refractivity contribution >= 4 is 11.9 Å². The van der Waals surface area contributed by atoms with E-state index in [-0.39, 0.29) is 18.5 Å². The summed E-state index contributed by atoms with van der Waals surface area (Å²) in [7, 11) is 0. The zero-order valence-corrected chi connectivity index (χ0v) is 13.5. The van der Waals surface area contributed by atoms with Crippen molar-refractivity contribution in [1.82, 2.24) is 5.32 Å². The van der Waals surface area contributed by atoms with Crippen molar-refractivity contribution in [1.29, 1.82) is 5.41 Å². The van der Waals surface area contributed by atoms with Crippen LogP contribution in [0.1, 0.15) is 40.5 Å². The van der Waals surface area contributed by atoms with Crippen molar-refractivity contribution in [2.45, 2.75) is 52.7 Å². The summed E-state index contributed by atoms with van der Waals surface area (Å²) in [6.07, 6.45) is 0.515. The summed E-state index contributed by atoms with van der Waals surface area (Å²) in [5, 5.41) is 19.7. The summed E-state index contributed by atoms with van der Waals surface area (Å²) >= 11 is 0. The fraction of sp³-hybridized carbons (Fsp3) is 0.857. The molecule has 0 radical (unpaired) electrons. The smallest absolute Gasteiger partial charge is 0.322 e. The molecule has 0 aliphatic rings. The Bertz CT molecular complexity index is 345. The Kier molecular flexibility index (Phi) is 8.27. The summed E-state index contributed by atoms with van der Waals surface area (Å²) in [5.41, 5.74) is 10.4. The Labute approximate surface area is 126 Å². The largest absolute Gasteiger partial charge is 0.464 e. The van der Waals surface area contributed by atoms with Gasteiger partial charge in [-0.3, -0.25) is 10.2 Å². The molecule has 0 bridgehead atoms. The number of carbonyl (C=O) groups is 1. The Morgan fingerprint density at radius 2 is 2.00 bits per heavy atom. The molecule has 0 rings (SSSR count). The molecule has 0 fully saturated rings. The number of nitrogens with one attached hydrogen (secondary N) is 2. The predicted molar refractivity (Wildman–Crippen MR) is 82.7 cm³/mol. The monoisotopic (exact) mass is 302 g/mol. The first-order valence-electron chi connectivity index (χ1n) is 7.26. The van der Waals surface area contributed by atoms with Gasteiger partial charge in [0.25, 0.3) is 0 Å². The van der Waals surface area contributed by atoms with E-state index < -0.39 is 23.5 Å². The van der Waals surface area contributed by atoms with Crippen molar-refractivity contribution in [3.05, 3.63) is 0 Å². The van der Waals surface area contributed by atoms with Crippen molar-refractivity contribution in [3.8, 4) is 0 Å². The van der Waals surface area contributed by atoms with Gasteiger partial charge in [0.15, 0.2) is 5.96 Å². The normalized spacial score (nSPS) is 14.6. The van der Waals surface area contributed by atoms with E-state index in [0.29, 0.717) is 19.4 Å². The van der Waals surface area contributed by atoms with E-state index in [1.165, 1.54) is 0 Å². The molecule has 0 aliphatic heterocycles. The highest BCUT2D eigenvalue weighted by Crippen LogP contribution is 2.26. The van der Waals surface area contributed by atoms with Gasteiger partial charge in [0.1, 0.15) is 6.04 Å². The zero-order chi connectivity index (χ0) is 16.6. The minimum absolute atomic E-state index is 0.0880. The van der Waals surface area contributed by atoms with E-state index in [4.69, 9.17) is 21.6 Å². The first-order valence-corrected chi connectivity index (χ1v) is 7.26. The average Bonchev–Trinajstić information content (AvgIpc) is 2.39. The Hall–Kier alpha value is -1.34. The number of aliphatic hydroxyl groups excluding tert-OH is 1. The van der Waals surface area contributed by atoms with Crippen LogP contribution in [-0.2, 0) is 9.53 Å². The third-order valence-electron chi connectivity index (χ3n) is 3.33. The molecule has 21 heavy (non-hydrogen) atoms. The highest BCUT2D eigenvalue weighted by molar-refractivity contribution is 5.75. The van der Waals surface area contributed by atoms with Crippen LogP contribution in [0.4, 0.5) is 0 Å². The number of guanidine groups is 1. The van der Waals surface area contributed by atoms with Crippen molar-refractivity contribution in [2.75, 3.05) is 13.2 Å². The molecular formula is C14H30N4O3. The lowest BCUT2D eigenvalue weighted by molar-refractivity contribution is -0.151. The fourth-order valence-corrected chi connectivity index (χ4v) is 2.01. The number of ether oxygens (including phenoxy) is 1. The predicted octanol–water partition coefficient (Wildman–Crippen LogP) is 0.163. The van der Waals surface area contributed by atoms with E-state index >= 15 is 0 Å². The molecule has 0 saturated heterocycles. The molecule has 7 heteroatoms. The van der Waals surface area contributed by atoms with E-state index in [1.807, 2.05) is 27.7 Å². The van der Waals surface area contributed by atoms with Crippen molar-refractivity contribution < 1.29 is 14.6 Å². The summed E-state index contributed by atoms with van der Waals surface area (Å²) in [6, 6.07) is -0.703. The summed E-state index contributed by atoms with van der Waals surface area (Å²) in [6.45, 7) is 8.17. The van der Waals surface area contributed by atoms with Crippen LogP contribution >= 0.6 is 0 Å². The van der Waals surface area contributed by atoms with Gasteiger partial charge < -0.3 is 26.6 Å². The number of hydrogen-bond donors (Lipinski definition) is 5. The summed E-state index contributed by atoms with van der Waals surface area (Å²) in [4.78, 5) is 11.8. The number of hydrogen-bond acceptors (Lipinski definition) is 5. The second-order valence-electron chi connectivity index (χ2n) is 6.37. The number of esters is 1. The van der Waals surface area contributed by atoms with E-state index in [0.717, 1.165) is 0 Å². The lowest BCUT2D eigenvalue weighted by Crippen LogP contribution is -2.41. The maximum Gasteiger partial charge on any atom is 0.322 e. The number of aliphatic hydroxyl groups is 1. The Morgan fingerprint density at radius 1 is 1.43 bits per heavy atom. The van der Waals surface area contributed by atoms with Crippen molar-refractivity contribution in [2.24, 2.45) is 22.8 Å². The highest BCUT2D eigenvalue weighted by Gasteiger charge is 2.32. The third kappa shape index (κ3) is 7.87. The summed E-state index contributed by atoms with van der Waals surface area (Å²) < 4.78 is 5.21. The molecule has 0 saturated carbocycles. The van der Waals surface area contributed by atoms with Crippen LogP contribution in [0.2, 0.25) is 0 Å². The van der Waals surface area contributed by atoms with Gasteiger partial charge in [0, 0.05) is 12.0 Å². The van der Waals surface area contributed by atoms with Gasteiger partial charge in [-0.15, -0.1) is 0 Å². The molecule has 0 aromatic carbocycles. The highest BCUT2D eigenvalue weighted by atomic mass is 16.5. The molecule has 0 heterocycles. The van der Waals surface area contributed by atoms with Gasteiger partial charge in [-0.2, -0.15) is 0 Å². The van der Waals surface area contributed by atoms with Crippen molar-refractivity contribution in [3.63, 3.8) is 0 Å². The minimum Gasteiger partial charge on any atom is -0.464 e. The molecular weight excluding hydrogens is 272 g/mol. The van der Waals surface area contributed by atoms with Crippen LogP contribution in [0.5, 0.6) is 0 Å². The average molecular weight is 302 g/mol. The second-order valence-corrected chi connectivity index (χ2v) is 6.37. The molecule has 0 spiro atoms. The van der Waals surface area contributed by atoms with Crippen LogP contribution in [-0.4, -0.2) is 42.3 Å². The topological polar surface area (TPSA) is 134 Å². The Balaban J connectivity index is 4.10. The number of carbonyl (C=O) groups excluding carboxylic acids is 1. The van der Waals surface area contributed by atoms with Gasteiger partial charge in [-0.1, -0.05) is 27.7 Å². The first-order chi connectivity index (χ1) is 9.58. The maximum atomic E-state index is 11.8. The lowest BCUT2D eigenvalue weighted by Gasteiger charge is -2.32. The zero-order valence-electron chi connectivity index (χ0n) is 13.5. The molecule has 124 valence electrons. The van der Waals surface area contributed by atoms with Gasteiger partial charge in [0.05, 0.1) is 12.7 Å². The Morgan fingerprint density at radius 3 is 2.48 bits per heavy atom. The lowest BCUT2D eigenvalue weighted by atomic mass is 9.81. The fourth-order valence-electron chi connectivity index (χ4n) is 2.01. The van der Waals surface area contributed by atoms with E-state index in [1.54, 1.807) is 0 Å². The van der Waals surface area contributed by atoms with Gasteiger partial charge in [-0.25, -0.2) is 0 Å². The molecule has 0 amide bonds. The van der Waals surface area contributed by atoms with Crippen LogP contribution in [0.3, 0.4) is 0 Å². The molecule has 7 N–H and O–H groups in total. The maximum absolute atomic E-state index is 11.8. The number of nitrogens with two attached hydrogens (primary N) is 2. The summed E-state index contributed by atoms with van der Waals surface area (Å²) in [5.74, 6) is -0.484. The molecule has 0 aliphatic carbocycles. The first kappa shape index (κ1) is 19.7. The molecule has 0 aromatic rings. The van der Waals surface area contributed by atoms with Crippen LogP contribution in [0.25, 0.3) is 0 Å².